The average molecular weight is 332 g/mol. The average Bonchev–Trinajstić information content (AvgIpc) is 2.77. The molecule has 0 unspecified atom stereocenters. The predicted molar refractivity (Wildman–Crippen MR) is 94.1 cm³/mol. The van der Waals surface area contributed by atoms with Crippen molar-refractivity contribution < 1.29 is 14.3 Å². The van der Waals surface area contributed by atoms with Gasteiger partial charge in [0.25, 0.3) is 5.91 Å². The number of aryl methyl sites for hydroxylation is 2. The van der Waals surface area contributed by atoms with Gasteiger partial charge < -0.3 is 15.0 Å². The molecule has 5 nitrogen and oxygen atoms in total. The highest BCUT2D eigenvalue weighted by Gasteiger charge is 2.15. The fraction of sp³-hybridized carbons (Fsp3) is 0.579. The fourth-order valence-electron chi connectivity index (χ4n) is 2.78. The number of hydrogen-bond donors (Lipinski definition) is 1. The number of carbonyl (C=O) groups excluding carboxylic acids is 2. The maximum absolute atomic E-state index is 11.9. The summed E-state index contributed by atoms with van der Waals surface area (Å²) in [7, 11) is 0. The molecule has 2 amide bonds. The van der Waals surface area contributed by atoms with E-state index < -0.39 is 0 Å². The van der Waals surface area contributed by atoms with Crippen molar-refractivity contribution in [2.24, 2.45) is 0 Å². The maximum atomic E-state index is 11.9. The molecule has 1 aromatic rings. The molecule has 1 aliphatic heterocycles. The van der Waals surface area contributed by atoms with Crippen LogP contribution in [0.4, 0.5) is 0 Å². The summed E-state index contributed by atoms with van der Waals surface area (Å²) in [5.74, 6) is 0.829. The van der Waals surface area contributed by atoms with Gasteiger partial charge in [-0.25, -0.2) is 0 Å². The summed E-state index contributed by atoms with van der Waals surface area (Å²) in [5, 5.41) is 2.85. The number of carbonyl (C=O) groups is 2. The van der Waals surface area contributed by atoms with E-state index in [1.165, 1.54) is 5.56 Å². The molecule has 0 spiro atoms. The monoisotopic (exact) mass is 332 g/mol. The predicted octanol–water partition coefficient (Wildman–Crippen LogP) is 2.59. The molecule has 0 aromatic heterocycles. The number of rotatable bonds is 7. The number of hydrogen-bond acceptors (Lipinski definition) is 3. The standard InChI is InChI=1S/C19H28N2O3/c1-15-8-9-17(13-16(15)2)24-14-18(22)20-10-6-12-21-11-5-3-4-7-19(21)23/h8-9,13H,3-7,10-12,14H2,1-2H3,(H,20,22). The lowest BCUT2D eigenvalue weighted by molar-refractivity contribution is -0.130. The van der Waals surface area contributed by atoms with Crippen molar-refractivity contribution in [2.75, 3.05) is 26.2 Å². The SMILES string of the molecule is Cc1ccc(OCC(=O)NCCCN2CCCCCC2=O)cc1C. The molecule has 24 heavy (non-hydrogen) atoms. The molecule has 1 aromatic carbocycles. The van der Waals surface area contributed by atoms with Gasteiger partial charge in [-0.1, -0.05) is 12.5 Å². The van der Waals surface area contributed by atoms with Crippen molar-refractivity contribution in [1.82, 2.24) is 10.2 Å². The number of likely N-dealkylation sites (tertiary alicyclic amines) is 1. The fourth-order valence-corrected chi connectivity index (χ4v) is 2.78. The first kappa shape index (κ1) is 18.3. The lowest BCUT2D eigenvalue weighted by Crippen LogP contribution is -2.35. The zero-order valence-electron chi connectivity index (χ0n) is 14.8. The Morgan fingerprint density at radius 3 is 2.83 bits per heavy atom. The number of amides is 2. The van der Waals surface area contributed by atoms with Crippen LogP contribution in [0.15, 0.2) is 18.2 Å². The number of nitrogens with zero attached hydrogens (tertiary/aromatic N) is 1. The van der Waals surface area contributed by atoms with Gasteiger partial charge in [0.1, 0.15) is 5.75 Å². The van der Waals surface area contributed by atoms with Crippen LogP contribution in [0.25, 0.3) is 0 Å². The molecule has 2 rings (SSSR count). The normalized spacial score (nSPS) is 15.1. The van der Waals surface area contributed by atoms with Crippen molar-refractivity contribution in [1.29, 1.82) is 0 Å². The quantitative estimate of drug-likeness (QED) is 0.781. The molecule has 5 heteroatoms. The van der Waals surface area contributed by atoms with Gasteiger partial charge in [0.05, 0.1) is 0 Å². The maximum Gasteiger partial charge on any atom is 0.257 e. The van der Waals surface area contributed by atoms with Crippen LogP contribution in [0.5, 0.6) is 5.75 Å². The minimum Gasteiger partial charge on any atom is -0.484 e. The van der Waals surface area contributed by atoms with Gasteiger partial charge in [0.2, 0.25) is 5.91 Å². The Balaban J connectivity index is 1.62. The van der Waals surface area contributed by atoms with E-state index in [1.54, 1.807) is 0 Å². The van der Waals surface area contributed by atoms with Crippen molar-refractivity contribution in [3.8, 4) is 5.75 Å². The van der Waals surface area contributed by atoms with E-state index in [9.17, 15) is 9.59 Å². The summed E-state index contributed by atoms with van der Waals surface area (Å²) in [4.78, 5) is 25.6. The Hall–Kier alpha value is -2.04. The molecule has 0 aliphatic carbocycles. The zero-order valence-corrected chi connectivity index (χ0v) is 14.8. The second-order valence-corrected chi connectivity index (χ2v) is 6.43. The van der Waals surface area contributed by atoms with Crippen LogP contribution in [0.2, 0.25) is 0 Å². The van der Waals surface area contributed by atoms with Crippen molar-refractivity contribution in [2.45, 2.75) is 46.0 Å². The highest BCUT2D eigenvalue weighted by atomic mass is 16.5. The van der Waals surface area contributed by atoms with Gasteiger partial charge in [0.15, 0.2) is 6.61 Å². The van der Waals surface area contributed by atoms with Crippen LogP contribution in [-0.4, -0.2) is 43.0 Å². The molecule has 1 saturated heterocycles. The van der Waals surface area contributed by atoms with Crippen molar-refractivity contribution in [3.63, 3.8) is 0 Å². The van der Waals surface area contributed by atoms with Gasteiger partial charge in [-0.2, -0.15) is 0 Å². The smallest absolute Gasteiger partial charge is 0.257 e. The summed E-state index contributed by atoms with van der Waals surface area (Å²) in [6.07, 6.45) is 4.66. The van der Waals surface area contributed by atoms with E-state index in [2.05, 4.69) is 5.32 Å². The lowest BCUT2D eigenvalue weighted by Gasteiger charge is -2.20. The molecular weight excluding hydrogens is 304 g/mol. The topological polar surface area (TPSA) is 58.6 Å². The van der Waals surface area contributed by atoms with Crippen LogP contribution >= 0.6 is 0 Å². The Labute approximate surface area is 144 Å². The van der Waals surface area contributed by atoms with E-state index in [4.69, 9.17) is 4.74 Å². The molecule has 0 radical (unpaired) electrons. The molecular formula is C19H28N2O3. The first-order chi connectivity index (χ1) is 11.6. The van der Waals surface area contributed by atoms with Crippen molar-refractivity contribution >= 4 is 11.8 Å². The third-order valence-corrected chi connectivity index (χ3v) is 4.45. The number of nitrogens with one attached hydrogen (secondary N) is 1. The van der Waals surface area contributed by atoms with Crippen LogP contribution in [0.3, 0.4) is 0 Å². The minimum atomic E-state index is -0.129. The first-order valence-electron chi connectivity index (χ1n) is 8.81. The molecule has 1 fully saturated rings. The highest BCUT2D eigenvalue weighted by Crippen LogP contribution is 2.16. The lowest BCUT2D eigenvalue weighted by atomic mass is 10.1. The molecule has 0 bridgehead atoms. The van der Waals surface area contributed by atoms with Gasteiger partial charge in [-0.15, -0.1) is 0 Å². The summed E-state index contributed by atoms with van der Waals surface area (Å²) in [6, 6.07) is 5.80. The summed E-state index contributed by atoms with van der Waals surface area (Å²) >= 11 is 0. The van der Waals surface area contributed by atoms with Gasteiger partial charge >= 0.3 is 0 Å². The second-order valence-electron chi connectivity index (χ2n) is 6.43. The van der Waals surface area contributed by atoms with Crippen LogP contribution in [0, 0.1) is 13.8 Å². The Kier molecular flexibility index (Phi) is 7.09. The Morgan fingerprint density at radius 2 is 2.04 bits per heavy atom. The van der Waals surface area contributed by atoms with E-state index in [-0.39, 0.29) is 18.4 Å². The zero-order chi connectivity index (χ0) is 17.4. The second kappa shape index (κ2) is 9.30. The third kappa shape index (κ3) is 5.87. The van der Waals surface area contributed by atoms with E-state index in [0.717, 1.165) is 44.3 Å². The summed E-state index contributed by atoms with van der Waals surface area (Å²) in [5.41, 5.74) is 2.35. The number of benzene rings is 1. The molecule has 132 valence electrons. The largest absolute Gasteiger partial charge is 0.484 e. The third-order valence-electron chi connectivity index (χ3n) is 4.45. The minimum absolute atomic E-state index is 0.0190. The van der Waals surface area contributed by atoms with E-state index >= 15 is 0 Å². The van der Waals surface area contributed by atoms with E-state index in [0.29, 0.717) is 18.7 Å². The summed E-state index contributed by atoms with van der Waals surface area (Å²) in [6.45, 7) is 6.22. The highest BCUT2D eigenvalue weighted by molar-refractivity contribution is 5.77. The van der Waals surface area contributed by atoms with Crippen LogP contribution in [-0.2, 0) is 9.59 Å². The molecule has 1 heterocycles. The Bertz CT molecular complexity index is 572. The van der Waals surface area contributed by atoms with Crippen LogP contribution in [0.1, 0.15) is 43.2 Å². The van der Waals surface area contributed by atoms with Crippen LogP contribution < -0.4 is 10.1 Å². The van der Waals surface area contributed by atoms with Gasteiger partial charge in [-0.05, 0) is 56.4 Å². The Morgan fingerprint density at radius 1 is 1.21 bits per heavy atom. The van der Waals surface area contributed by atoms with E-state index in [1.807, 2.05) is 36.9 Å². The molecule has 0 atom stereocenters. The van der Waals surface area contributed by atoms with Gasteiger partial charge in [0, 0.05) is 26.1 Å². The first-order valence-corrected chi connectivity index (χ1v) is 8.81. The van der Waals surface area contributed by atoms with Gasteiger partial charge in [-0.3, -0.25) is 9.59 Å². The molecule has 1 aliphatic rings. The number of ether oxygens (including phenoxy) is 1. The summed E-state index contributed by atoms with van der Waals surface area (Å²) < 4.78 is 5.51. The molecule has 0 saturated carbocycles. The molecule has 1 N–H and O–H groups in total. The van der Waals surface area contributed by atoms with Crippen molar-refractivity contribution in [3.05, 3.63) is 29.3 Å².